The smallest absolute Gasteiger partial charge is 0.255 e. The van der Waals surface area contributed by atoms with Gasteiger partial charge in [0.25, 0.3) is 5.91 Å². The first-order valence-electron chi connectivity index (χ1n) is 10.6. The first-order valence-corrected chi connectivity index (χ1v) is 10.6. The molecule has 3 amide bonds. The van der Waals surface area contributed by atoms with Crippen LogP contribution in [0.1, 0.15) is 61.4 Å². The predicted octanol–water partition coefficient (Wildman–Crippen LogP) is 2.09. The number of nitrogens with zero attached hydrogens (tertiary/aromatic N) is 2. The predicted molar refractivity (Wildman–Crippen MR) is 107 cm³/mol. The number of benzene rings is 1. The Morgan fingerprint density at radius 2 is 1.97 bits per heavy atom. The highest BCUT2D eigenvalue weighted by atomic mass is 16.5. The third-order valence-electron chi connectivity index (χ3n) is 6.52. The van der Waals surface area contributed by atoms with Crippen molar-refractivity contribution in [3.8, 4) is 5.75 Å². The van der Waals surface area contributed by atoms with E-state index in [1.807, 2.05) is 12.1 Å². The molecule has 1 aromatic carbocycles. The van der Waals surface area contributed by atoms with Gasteiger partial charge in [-0.25, -0.2) is 0 Å². The molecule has 4 rings (SSSR count). The van der Waals surface area contributed by atoms with Crippen molar-refractivity contribution in [3.05, 3.63) is 29.3 Å². The van der Waals surface area contributed by atoms with Crippen LogP contribution in [0.15, 0.2) is 18.2 Å². The normalized spacial score (nSPS) is 27.2. The van der Waals surface area contributed by atoms with Crippen molar-refractivity contribution in [2.45, 2.75) is 70.2 Å². The fourth-order valence-corrected chi connectivity index (χ4v) is 4.75. The lowest BCUT2D eigenvalue weighted by Crippen LogP contribution is -2.52. The fraction of sp³-hybridized carbons (Fsp3) is 0.591. The van der Waals surface area contributed by atoms with E-state index in [9.17, 15) is 14.4 Å². The summed E-state index contributed by atoms with van der Waals surface area (Å²) in [5.74, 6) is -0.0258. The molecule has 7 heteroatoms. The van der Waals surface area contributed by atoms with E-state index in [1.54, 1.807) is 11.0 Å². The highest BCUT2D eigenvalue weighted by Crippen LogP contribution is 2.32. The average molecular weight is 399 g/mol. The molecule has 2 fully saturated rings. The van der Waals surface area contributed by atoms with Crippen LogP contribution in [0, 0.1) is 0 Å². The number of ether oxygens (including phenoxy) is 1. The van der Waals surface area contributed by atoms with Gasteiger partial charge in [0.2, 0.25) is 11.8 Å². The van der Waals surface area contributed by atoms with Gasteiger partial charge in [0.15, 0.2) is 0 Å². The SMILES string of the molecule is CCN(C)[C@@H]1CCCC[C@@H]1Oc1ccc2c(c1)CN(C1CCC(=O)NC1=O)C2=O. The van der Waals surface area contributed by atoms with Crippen LogP contribution in [0.3, 0.4) is 0 Å². The Morgan fingerprint density at radius 1 is 1.17 bits per heavy atom. The maximum absolute atomic E-state index is 12.8. The number of hydrogen-bond donors (Lipinski definition) is 1. The Bertz CT molecular complexity index is 824. The molecule has 3 aliphatic rings. The number of rotatable bonds is 5. The Kier molecular flexibility index (Phi) is 5.58. The first-order chi connectivity index (χ1) is 14.0. The number of carbonyl (C=O) groups is 3. The Labute approximate surface area is 171 Å². The number of piperidine rings is 1. The quantitative estimate of drug-likeness (QED) is 0.767. The second kappa shape index (κ2) is 8.14. The zero-order valence-corrected chi connectivity index (χ0v) is 17.1. The van der Waals surface area contributed by atoms with Crippen LogP contribution in [0.5, 0.6) is 5.75 Å². The van der Waals surface area contributed by atoms with E-state index in [-0.39, 0.29) is 30.2 Å². The lowest BCUT2D eigenvalue weighted by Gasteiger charge is -2.37. The van der Waals surface area contributed by atoms with Gasteiger partial charge in [-0.1, -0.05) is 13.3 Å². The molecule has 1 N–H and O–H groups in total. The summed E-state index contributed by atoms with van der Waals surface area (Å²) in [6.07, 6.45) is 5.37. The van der Waals surface area contributed by atoms with Crippen LogP contribution in [-0.2, 0) is 16.1 Å². The zero-order valence-electron chi connectivity index (χ0n) is 17.1. The molecule has 7 nitrogen and oxygen atoms in total. The second-order valence-electron chi connectivity index (χ2n) is 8.30. The largest absolute Gasteiger partial charge is 0.489 e. The molecule has 1 saturated heterocycles. The molecule has 1 aromatic rings. The van der Waals surface area contributed by atoms with Crippen LogP contribution in [0.2, 0.25) is 0 Å². The summed E-state index contributed by atoms with van der Waals surface area (Å²) < 4.78 is 6.37. The van der Waals surface area contributed by atoms with Gasteiger partial charge in [-0.2, -0.15) is 0 Å². The van der Waals surface area contributed by atoms with E-state index < -0.39 is 6.04 Å². The summed E-state index contributed by atoms with van der Waals surface area (Å²) in [7, 11) is 2.14. The monoisotopic (exact) mass is 399 g/mol. The van der Waals surface area contributed by atoms with Gasteiger partial charge in [-0.05, 0) is 63.0 Å². The van der Waals surface area contributed by atoms with Gasteiger partial charge in [0.1, 0.15) is 17.9 Å². The second-order valence-corrected chi connectivity index (χ2v) is 8.30. The Balaban J connectivity index is 1.48. The van der Waals surface area contributed by atoms with Crippen molar-refractivity contribution >= 4 is 17.7 Å². The molecule has 0 bridgehead atoms. The van der Waals surface area contributed by atoms with E-state index in [2.05, 4.69) is 24.2 Å². The number of amides is 3. The summed E-state index contributed by atoms with van der Waals surface area (Å²) in [6.45, 7) is 3.53. The molecule has 156 valence electrons. The summed E-state index contributed by atoms with van der Waals surface area (Å²) in [4.78, 5) is 40.3. The molecule has 1 saturated carbocycles. The van der Waals surface area contributed by atoms with Gasteiger partial charge >= 0.3 is 0 Å². The van der Waals surface area contributed by atoms with E-state index in [0.29, 0.717) is 24.6 Å². The minimum Gasteiger partial charge on any atom is -0.489 e. The molecular formula is C22H29N3O4. The summed E-state index contributed by atoms with van der Waals surface area (Å²) in [5.41, 5.74) is 1.50. The Hall–Kier alpha value is -2.41. The molecule has 2 aliphatic heterocycles. The molecule has 0 radical (unpaired) electrons. The van der Waals surface area contributed by atoms with Crippen molar-refractivity contribution in [1.29, 1.82) is 0 Å². The van der Waals surface area contributed by atoms with Gasteiger partial charge in [-0.15, -0.1) is 0 Å². The van der Waals surface area contributed by atoms with Crippen molar-refractivity contribution in [3.63, 3.8) is 0 Å². The van der Waals surface area contributed by atoms with E-state index >= 15 is 0 Å². The van der Waals surface area contributed by atoms with Gasteiger partial charge in [-0.3, -0.25) is 19.7 Å². The van der Waals surface area contributed by atoms with Gasteiger partial charge in [0.05, 0.1) is 0 Å². The number of imide groups is 1. The van der Waals surface area contributed by atoms with Crippen LogP contribution < -0.4 is 10.1 Å². The van der Waals surface area contributed by atoms with Crippen LogP contribution in [0.25, 0.3) is 0 Å². The molecule has 1 unspecified atom stereocenters. The lowest BCUT2D eigenvalue weighted by atomic mass is 9.91. The van der Waals surface area contributed by atoms with Crippen LogP contribution in [0.4, 0.5) is 0 Å². The number of carbonyl (C=O) groups excluding carboxylic acids is 3. The molecule has 1 aliphatic carbocycles. The van der Waals surface area contributed by atoms with Gasteiger partial charge < -0.3 is 14.5 Å². The van der Waals surface area contributed by atoms with Crippen molar-refractivity contribution in [2.24, 2.45) is 0 Å². The molecule has 0 spiro atoms. The first kappa shape index (κ1) is 19.9. The van der Waals surface area contributed by atoms with E-state index in [4.69, 9.17) is 4.74 Å². The minimum absolute atomic E-state index is 0.148. The third-order valence-corrected chi connectivity index (χ3v) is 6.52. The molecule has 0 aromatic heterocycles. The zero-order chi connectivity index (χ0) is 20.5. The standard InChI is InChI=1S/C22H29N3O4/c1-3-24(2)17-6-4-5-7-19(17)29-15-8-9-16-14(12-15)13-25(22(16)28)18-10-11-20(26)23-21(18)27/h8-9,12,17-19H,3-7,10-11,13H2,1-2H3,(H,23,26,27)/t17-,18?,19+/m1/s1. The highest BCUT2D eigenvalue weighted by Gasteiger charge is 2.39. The summed E-state index contributed by atoms with van der Waals surface area (Å²) in [5, 5.41) is 2.34. The molecular weight excluding hydrogens is 370 g/mol. The van der Waals surface area contributed by atoms with E-state index in [0.717, 1.165) is 30.7 Å². The average Bonchev–Trinajstić information content (AvgIpc) is 3.03. The van der Waals surface area contributed by atoms with Crippen LogP contribution in [-0.4, -0.2) is 59.3 Å². The number of likely N-dealkylation sites (N-methyl/N-ethyl adjacent to an activating group) is 1. The maximum Gasteiger partial charge on any atom is 0.255 e. The maximum atomic E-state index is 12.8. The van der Waals surface area contributed by atoms with Crippen LogP contribution >= 0.6 is 0 Å². The number of fused-ring (bicyclic) bond motifs is 1. The number of nitrogens with one attached hydrogen (secondary N) is 1. The number of hydrogen-bond acceptors (Lipinski definition) is 5. The summed E-state index contributed by atoms with van der Waals surface area (Å²) in [6, 6.07) is 5.43. The highest BCUT2D eigenvalue weighted by molar-refractivity contribution is 6.05. The lowest BCUT2D eigenvalue weighted by molar-refractivity contribution is -0.136. The minimum atomic E-state index is -0.585. The van der Waals surface area contributed by atoms with Crippen molar-refractivity contribution in [1.82, 2.24) is 15.1 Å². The van der Waals surface area contributed by atoms with E-state index in [1.165, 1.54) is 12.8 Å². The van der Waals surface area contributed by atoms with Gasteiger partial charge in [0, 0.05) is 24.6 Å². The Morgan fingerprint density at radius 3 is 2.72 bits per heavy atom. The topological polar surface area (TPSA) is 79.0 Å². The summed E-state index contributed by atoms with van der Waals surface area (Å²) >= 11 is 0. The van der Waals surface area contributed by atoms with Crippen molar-refractivity contribution in [2.75, 3.05) is 13.6 Å². The third kappa shape index (κ3) is 3.88. The molecule has 2 heterocycles. The fourth-order valence-electron chi connectivity index (χ4n) is 4.75. The van der Waals surface area contributed by atoms with Crippen molar-refractivity contribution < 1.29 is 19.1 Å². The molecule has 3 atom stereocenters. The molecule has 29 heavy (non-hydrogen) atoms.